The van der Waals surface area contributed by atoms with E-state index in [4.69, 9.17) is 9.59 Å². The predicted octanol–water partition coefficient (Wildman–Crippen LogP) is 4.51. The second-order valence-corrected chi connectivity index (χ2v) is 11.9. The Balaban J connectivity index is 0.000000968. The van der Waals surface area contributed by atoms with Crippen molar-refractivity contribution in [2.24, 2.45) is 5.41 Å². The molecule has 0 bridgehead atoms. The molecule has 0 N–H and O–H groups in total. The van der Waals surface area contributed by atoms with Crippen LogP contribution in [0.3, 0.4) is 0 Å². The van der Waals surface area contributed by atoms with Crippen LogP contribution in [0.25, 0.3) is 0 Å². The monoisotopic (exact) mass is 472 g/mol. The summed E-state index contributed by atoms with van der Waals surface area (Å²) in [5.41, 5.74) is 6.89. The molecule has 1 aliphatic heterocycles. The molecule has 180 valence electrons. The lowest BCUT2D eigenvalue weighted by molar-refractivity contribution is -0.191. The third-order valence-corrected chi connectivity index (χ3v) is 9.04. The van der Waals surface area contributed by atoms with Gasteiger partial charge in [-0.3, -0.25) is 0 Å². The molecule has 0 atom stereocenters. The fourth-order valence-corrected chi connectivity index (χ4v) is 7.10. The van der Waals surface area contributed by atoms with Crippen molar-refractivity contribution < 1.29 is 18.0 Å². The van der Waals surface area contributed by atoms with Gasteiger partial charge in [0, 0.05) is 37.4 Å². The Kier molecular flexibility index (Phi) is 7.99. The number of fused-ring (bicyclic) bond motifs is 1. The van der Waals surface area contributed by atoms with Gasteiger partial charge < -0.3 is 4.57 Å². The fourth-order valence-electron chi connectivity index (χ4n) is 5.36. The van der Waals surface area contributed by atoms with Crippen molar-refractivity contribution in [1.29, 1.82) is 0 Å². The van der Waals surface area contributed by atoms with Gasteiger partial charge in [-0.1, -0.05) is 39.0 Å². The van der Waals surface area contributed by atoms with Crippen LogP contribution in [-0.4, -0.2) is 36.5 Å². The van der Waals surface area contributed by atoms with E-state index in [9.17, 15) is 8.42 Å². The average molecular weight is 473 g/mol. The van der Waals surface area contributed by atoms with Crippen molar-refractivity contribution in [1.82, 2.24) is 8.87 Å². The molecule has 4 rings (SSSR count). The van der Waals surface area contributed by atoms with Crippen molar-refractivity contribution in [3.63, 3.8) is 0 Å². The number of sulfonamides is 1. The maximum Gasteiger partial charge on any atom is 0.373 e. The number of hydrogen-bond donors (Lipinski definition) is 0. The highest BCUT2D eigenvalue weighted by atomic mass is 32.2. The van der Waals surface area contributed by atoms with E-state index in [0.717, 1.165) is 44.2 Å². The predicted molar refractivity (Wildman–Crippen MR) is 128 cm³/mol. The third kappa shape index (κ3) is 5.32. The van der Waals surface area contributed by atoms with E-state index in [1.165, 1.54) is 28.9 Å². The zero-order valence-corrected chi connectivity index (χ0v) is 21.1. The minimum atomic E-state index is -3.42. The number of rotatable bonds is 6. The molecule has 2 aromatic rings. The van der Waals surface area contributed by atoms with Gasteiger partial charge in [-0.2, -0.15) is 13.9 Å². The van der Waals surface area contributed by atoms with Crippen molar-refractivity contribution in [3.8, 4) is 0 Å². The summed E-state index contributed by atoms with van der Waals surface area (Å²) in [6.07, 6.45) is 7.40. The van der Waals surface area contributed by atoms with E-state index in [0.29, 0.717) is 29.8 Å². The summed E-state index contributed by atoms with van der Waals surface area (Å²) in [7, 11) is -3.42. The molecular weight excluding hydrogens is 436 g/mol. The highest BCUT2D eigenvalue weighted by Gasteiger charge is 2.33. The molecule has 0 saturated carbocycles. The minimum absolute atomic E-state index is 0.250. The molecule has 0 spiro atoms. The molecule has 7 heteroatoms. The fraction of sp³-hybridized carbons (Fsp3) is 0.577. The molecule has 1 aliphatic carbocycles. The summed E-state index contributed by atoms with van der Waals surface area (Å²) in [4.78, 5) is 16.7. The molecule has 0 unspecified atom stereocenters. The molecule has 0 amide bonds. The smallest absolute Gasteiger partial charge is 0.348 e. The Morgan fingerprint density at radius 3 is 2.36 bits per heavy atom. The topological polar surface area (TPSA) is 76.5 Å². The summed E-state index contributed by atoms with van der Waals surface area (Å²) in [5, 5.41) is 0. The lowest BCUT2D eigenvalue weighted by Crippen LogP contribution is -2.28. The molecule has 2 aliphatic rings. The van der Waals surface area contributed by atoms with Gasteiger partial charge in [0.1, 0.15) is 0 Å². The van der Waals surface area contributed by atoms with Gasteiger partial charge in [0.25, 0.3) is 0 Å². The van der Waals surface area contributed by atoms with Gasteiger partial charge in [-0.05, 0) is 73.6 Å². The first-order valence-corrected chi connectivity index (χ1v) is 13.4. The highest BCUT2D eigenvalue weighted by Crippen LogP contribution is 2.40. The largest absolute Gasteiger partial charge is 0.373 e. The molecule has 33 heavy (non-hydrogen) atoms. The summed E-state index contributed by atoms with van der Waals surface area (Å²) < 4.78 is 30.9. The molecule has 1 fully saturated rings. The zero-order valence-electron chi connectivity index (χ0n) is 20.3. The van der Waals surface area contributed by atoms with E-state index in [2.05, 4.69) is 32.3 Å². The van der Waals surface area contributed by atoms with Crippen LogP contribution >= 0.6 is 0 Å². The van der Waals surface area contributed by atoms with E-state index < -0.39 is 10.0 Å². The van der Waals surface area contributed by atoms with Gasteiger partial charge in [0.2, 0.25) is 10.0 Å². The van der Waals surface area contributed by atoms with Crippen molar-refractivity contribution in [2.45, 2.75) is 84.1 Å². The van der Waals surface area contributed by atoms with E-state index >= 15 is 0 Å². The van der Waals surface area contributed by atoms with Crippen molar-refractivity contribution >= 4 is 16.2 Å². The van der Waals surface area contributed by atoms with Crippen molar-refractivity contribution in [3.05, 3.63) is 52.3 Å². The first kappa shape index (κ1) is 25.4. The number of aromatic nitrogens is 1. The average Bonchev–Trinajstić information content (AvgIpc) is 3.39. The Bertz CT molecular complexity index is 1120. The summed E-state index contributed by atoms with van der Waals surface area (Å²) in [5.74, 6) is 0. The summed E-state index contributed by atoms with van der Waals surface area (Å²) >= 11 is 0. The normalized spacial score (nSPS) is 17.7. The van der Waals surface area contributed by atoms with Crippen molar-refractivity contribution in [2.75, 3.05) is 13.1 Å². The van der Waals surface area contributed by atoms with Crippen LogP contribution in [0.4, 0.5) is 0 Å². The zero-order chi connectivity index (χ0) is 24.2. The summed E-state index contributed by atoms with van der Waals surface area (Å²) in [6, 6.07) is 7.66. The van der Waals surface area contributed by atoms with Crippen LogP contribution in [0.1, 0.15) is 74.5 Å². The van der Waals surface area contributed by atoms with Gasteiger partial charge in [0.15, 0.2) is 0 Å². The van der Waals surface area contributed by atoms with Crippen LogP contribution in [0.5, 0.6) is 0 Å². The second-order valence-electron chi connectivity index (χ2n) is 9.96. The molecule has 1 aromatic heterocycles. The highest BCUT2D eigenvalue weighted by molar-refractivity contribution is 7.89. The maximum absolute atomic E-state index is 13.4. The van der Waals surface area contributed by atoms with E-state index in [1.807, 2.05) is 18.2 Å². The number of carbonyl (C=O) groups excluding carboxylic acids is 2. The quantitative estimate of drug-likeness (QED) is 0.620. The maximum atomic E-state index is 13.4. The number of nitrogens with zero attached hydrogens (tertiary/aromatic N) is 2. The van der Waals surface area contributed by atoms with Crippen LogP contribution < -0.4 is 0 Å². The Morgan fingerprint density at radius 2 is 1.73 bits per heavy atom. The van der Waals surface area contributed by atoms with Gasteiger partial charge >= 0.3 is 6.15 Å². The molecule has 2 heterocycles. The van der Waals surface area contributed by atoms with Crippen LogP contribution in [0.15, 0.2) is 29.2 Å². The van der Waals surface area contributed by atoms with Crippen LogP contribution in [-0.2, 0) is 45.4 Å². The number of hydrogen-bond acceptors (Lipinski definition) is 4. The number of benzene rings is 1. The van der Waals surface area contributed by atoms with Gasteiger partial charge in [-0.25, -0.2) is 8.42 Å². The first-order chi connectivity index (χ1) is 15.7. The molecule has 0 radical (unpaired) electrons. The molecule has 1 saturated heterocycles. The third-order valence-electron chi connectivity index (χ3n) is 7.04. The van der Waals surface area contributed by atoms with Gasteiger partial charge in [0.05, 0.1) is 4.90 Å². The summed E-state index contributed by atoms with van der Waals surface area (Å²) in [6.45, 7) is 11.5. The van der Waals surface area contributed by atoms with E-state index in [1.54, 1.807) is 10.4 Å². The lowest BCUT2D eigenvalue weighted by atomic mass is 9.75. The van der Waals surface area contributed by atoms with Gasteiger partial charge in [-0.15, -0.1) is 0 Å². The molecular formula is C26H36N2O4S. The first-order valence-electron chi connectivity index (χ1n) is 11.9. The minimum Gasteiger partial charge on any atom is -0.348 e. The SMILES string of the molecule is CCCn1c(C)c(Cc2ccccc2S(=O)(=O)N2CCCC2)c2c1CCC(C)(C)C2.O=C=O. The lowest BCUT2D eigenvalue weighted by Gasteiger charge is -2.31. The van der Waals surface area contributed by atoms with E-state index in [-0.39, 0.29) is 6.15 Å². The van der Waals surface area contributed by atoms with Crippen LogP contribution in [0, 0.1) is 12.3 Å². The standard InChI is InChI=1S/C25H36N2O2S.CO2/c1-5-14-27-19(2)21(22-18-25(3,4)13-12-23(22)27)17-20-10-6-7-11-24(20)30(28,29)26-15-8-9-16-26;2-1-3/h6-7,10-11H,5,8-9,12-18H2,1-4H3;. The Hall–Kier alpha value is -2.21. The Morgan fingerprint density at radius 1 is 1.09 bits per heavy atom. The second kappa shape index (κ2) is 10.4. The molecule has 1 aromatic carbocycles. The Labute approximate surface area is 198 Å². The van der Waals surface area contributed by atoms with Crippen LogP contribution in [0.2, 0.25) is 0 Å². The molecule has 6 nitrogen and oxygen atoms in total.